The molecular formula is C13H20N8O. The third kappa shape index (κ3) is 3.88. The van der Waals surface area contributed by atoms with Crippen LogP contribution in [0.5, 0.6) is 0 Å². The minimum atomic E-state index is -0.215. The van der Waals surface area contributed by atoms with Crippen molar-refractivity contribution < 1.29 is 4.79 Å². The lowest BCUT2D eigenvalue weighted by atomic mass is 10.00. The van der Waals surface area contributed by atoms with Crippen molar-refractivity contribution in [2.45, 2.75) is 25.9 Å². The Morgan fingerprint density at radius 3 is 3.14 bits per heavy atom. The number of nitrogens with one attached hydrogen (secondary N) is 2. The number of aromatic nitrogens is 6. The Morgan fingerprint density at radius 2 is 2.36 bits per heavy atom. The molecule has 3 rings (SSSR count). The number of piperidine rings is 1. The van der Waals surface area contributed by atoms with E-state index < -0.39 is 0 Å². The smallest absolute Gasteiger partial charge is 0.273 e. The maximum atomic E-state index is 12.0. The standard InChI is InChI=1S/C13H20N8O/c22-13(15-4-6-20-7-5-16-18-20)12-10-21(19-17-12)9-11-2-1-3-14-8-11/h5,7,10-11,14H,1-4,6,8-9H2,(H,15,22)/t11-/m0/s1. The third-order valence-corrected chi connectivity index (χ3v) is 3.71. The van der Waals surface area contributed by atoms with Crippen molar-refractivity contribution in [3.8, 4) is 0 Å². The molecule has 22 heavy (non-hydrogen) atoms. The van der Waals surface area contributed by atoms with E-state index in [4.69, 9.17) is 0 Å². The van der Waals surface area contributed by atoms with Crippen molar-refractivity contribution in [2.24, 2.45) is 5.92 Å². The largest absolute Gasteiger partial charge is 0.349 e. The van der Waals surface area contributed by atoms with Gasteiger partial charge in [-0.25, -0.2) is 0 Å². The summed E-state index contributed by atoms with van der Waals surface area (Å²) in [5.41, 5.74) is 0.349. The predicted molar refractivity (Wildman–Crippen MR) is 78.0 cm³/mol. The summed E-state index contributed by atoms with van der Waals surface area (Å²) in [7, 11) is 0. The van der Waals surface area contributed by atoms with Gasteiger partial charge in [0.1, 0.15) is 0 Å². The molecule has 1 amide bonds. The molecule has 1 saturated heterocycles. The highest BCUT2D eigenvalue weighted by molar-refractivity contribution is 5.91. The van der Waals surface area contributed by atoms with Crippen LogP contribution in [0, 0.1) is 5.92 Å². The van der Waals surface area contributed by atoms with E-state index in [1.165, 1.54) is 12.8 Å². The summed E-state index contributed by atoms with van der Waals surface area (Å²) in [6.07, 6.45) is 7.44. The lowest BCUT2D eigenvalue weighted by Crippen LogP contribution is -2.32. The SMILES string of the molecule is O=C(NCCn1ccnn1)c1cn(C[C@H]2CCCNC2)nn1. The van der Waals surface area contributed by atoms with Gasteiger partial charge >= 0.3 is 0 Å². The van der Waals surface area contributed by atoms with Crippen molar-refractivity contribution >= 4 is 5.91 Å². The first-order chi connectivity index (χ1) is 10.8. The Balaban J connectivity index is 1.46. The molecule has 2 aromatic rings. The zero-order chi connectivity index (χ0) is 15.2. The number of rotatable bonds is 6. The molecule has 0 unspecified atom stereocenters. The third-order valence-electron chi connectivity index (χ3n) is 3.71. The van der Waals surface area contributed by atoms with Gasteiger partial charge in [-0.2, -0.15) is 0 Å². The van der Waals surface area contributed by atoms with E-state index in [-0.39, 0.29) is 5.91 Å². The predicted octanol–water partition coefficient (Wildman–Crippen LogP) is -0.701. The highest BCUT2D eigenvalue weighted by Crippen LogP contribution is 2.11. The number of nitrogens with zero attached hydrogens (tertiary/aromatic N) is 6. The normalized spacial score (nSPS) is 18.3. The first-order valence-corrected chi connectivity index (χ1v) is 7.54. The molecule has 0 bridgehead atoms. The molecule has 1 atom stereocenters. The van der Waals surface area contributed by atoms with Crippen LogP contribution in [0.3, 0.4) is 0 Å². The molecule has 1 aliphatic heterocycles. The second-order valence-corrected chi connectivity index (χ2v) is 5.46. The van der Waals surface area contributed by atoms with E-state index in [1.807, 2.05) is 0 Å². The van der Waals surface area contributed by atoms with Crippen molar-refractivity contribution in [1.29, 1.82) is 0 Å². The first kappa shape index (κ1) is 14.6. The van der Waals surface area contributed by atoms with Crippen LogP contribution >= 0.6 is 0 Å². The molecule has 0 saturated carbocycles. The summed E-state index contributed by atoms with van der Waals surface area (Å²) in [4.78, 5) is 12.0. The summed E-state index contributed by atoms with van der Waals surface area (Å²) in [5, 5.41) is 21.7. The number of carbonyl (C=O) groups is 1. The van der Waals surface area contributed by atoms with Crippen LogP contribution in [0.2, 0.25) is 0 Å². The van der Waals surface area contributed by atoms with Crippen LogP contribution in [-0.2, 0) is 13.1 Å². The summed E-state index contributed by atoms with van der Waals surface area (Å²) in [6.45, 7) is 3.94. The van der Waals surface area contributed by atoms with Crippen LogP contribution in [0.25, 0.3) is 0 Å². The molecule has 2 N–H and O–H groups in total. The molecule has 3 heterocycles. The molecule has 0 aromatic carbocycles. The molecule has 118 valence electrons. The Bertz CT molecular complexity index is 587. The maximum absolute atomic E-state index is 12.0. The van der Waals surface area contributed by atoms with Gasteiger partial charge in [0.2, 0.25) is 0 Å². The molecule has 1 aliphatic rings. The molecule has 0 spiro atoms. The lowest BCUT2D eigenvalue weighted by Gasteiger charge is -2.22. The Kier molecular flexibility index (Phi) is 4.74. The van der Waals surface area contributed by atoms with E-state index in [0.29, 0.717) is 24.7 Å². The van der Waals surface area contributed by atoms with E-state index in [9.17, 15) is 4.79 Å². The van der Waals surface area contributed by atoms with E-state index in [1.54, 1.807) is 28.0 Å². The summed E-state index contributed by atoms with van der Waals surface area (Å²) in [5.74, 6) is 0.340. The molecule has 0 radical (unpaired) electrons. The van der Waals surface area contributed by atoms with Gasteiger partial charge in [0.05, 0.1) is 18.9 Å². The van der Waals surface area contributed by atoms with Gasteiger partial charge in [-0.3, -0.25) is 14.2 Å². The zero-order valence-corrected chi connectivity index (χ0v) is 12.4. The summed E-state index contributed by atoms with van der Waals surface area (Å²) in [6, 6.07) is 0. The topological polar surface area (TPSA) is 103 Å². The number of hydrogen-bond donors (Lipinski definition) is 2. The average molecular weight is 304 g/mol. The summed E-state index contributed by atoms with van der Waals surface area (Å²) >= 11 is 0. The summed E-state index contributed by atoms with van der Waals surface area (Å²) < 4.78 is 3.41. The van der Waals surface area contributed by atoms with Crippen molar-refractivity contribution in [3.63, 3.8) is 0 Å². The second-order valence-electron chi connectivity index (χ2n) is 5.46. The van der Waals surface area contributed by atoms with Crippen molar-refractivity contribution in [2.75, 3.05) is 19.6 Å². The van der Waals surface area contributed by atoms with Gasteiger partial charge in [-0.05, 0) is 31.8 Å². The zero-order valence-electron chi connectivity index (χ0n) is 12.4. The average Bonchev–Trinajstić information content (AvgIpc) is 3.20. The van der Waals surface area contributed by atoms with Gasteiger partial charge in [0, 0.05) is 19.3 Å². The minimum absolute atomic E-state index is 0.215. The van der Waals surface area contributed by atoms with E-state index in [2.05, 4.69) is 31.3 Å². The Hall–Kier alpha value is -2.29. The van der Waals surface area contributed by atoms with Crippen molar-refractivity contribution in [1.82, 2.24) is 40.6 Å². The van der Waals surface area contributed by atoms with Gasteiger partial charge in [0.25, 0.3) is 5.91 Å². The quantitative estimate of drug-likeness (QED) is 0.731. The fourth-order valence-electron chi connectivity index (χ4n) is 2.56. The molecule has 0 aliphatic carbocycles. The van der Waals surface area contributed by atoms with E-state index >= 15 is 0 Å². The van der Waals surface area contributed by atoms with Gasteiger partial charge in [0.15, 0.2) is 5.69 Å². The van der Waals surface area contributed by atoms with Gasteiger partial charge < -0.3 is 10.6 Å². The molecular weight excluding hydrogens is 284 g/mol. The Morgan fingerprint density at radius 1 is 1.41 bits per heavy atom. The lowest BCUT2D eigenvalue weighted by molar-refractivity contribution is 0.0946. The molecule has 1 fully saturated rings. The van der Waals surface area contributed by atoms with Gasteiger partial charge in [-0.15, -0.1) is 10.2 Å². The fraction of sp³-hybridized carbons (Fsp3) is 0.615. The second kappa shape index (κ2) is 7.12. The highest BCUT2D eigenvalue weighted by atomic mass is 16.2. The monoisotopic (exact) mass is 304 g/mol. The van der Waals surface area contributed by atoms with Crippen LogP contribution in [0.4, 0.5) is 0 Å². The van der Waals surface area contributed by atoms with Crippen LogP contribution in [0.1, 0.15) is 23.3 Å². The van der Waals surface area contributed by atoms with Crippen LogP contribution in [0.15, 0.2) is 18.6 Å². The number of amides is 1. The Labute approximate surface area is 128 Å². The molecule has 9 nitrogen and oxygen atoms in total. The van der Waals surface area contributed by atoms with Crippen LogP contribution < -0.4 is 10.6 Å². The van der Waals surface area contributed by atoms with Crippen molar-refractivity contribution in [3.05, 3.63) is 24.3 Å². The first-order valence-electron chi connectivity index (χ1n) is 7.54. The molecule has 2 aromatic heterocycles. The highest BCUT2D eigenvalue weighted by Gasteiger charge is 2.16. The molecule has 9 heteroatoms. The number of carbonyl (C=O) groups excluding carboxylic acids is 1. The fourth-order valence-corrected chi connectivity index (χ4v) is 2.56. The van der Waals surface area contributed by atoms with E-state index in [0.717, 1.165) is 19.6 Å². The number of hydrogen-bond acceptors (Lipinski definition) is 6. The minimum Gasteiger partial charge on any atom is -0.349 e. The van der Waals surface area contributed by atoms with Crippen LogP contribution in [-0.4, -0.2) is 55.5 Å². The maximum Gasteiger partial charge on any atom is 0.273 e. The van der Waals surface area contributed by atoms with Gasteiger partial charge in [-0.1, -0.05) is 10.4 Å².